The first-order valence-corrected chi connectivity index (χ1v) is 11.1. The van der Waals surface area contributed by atoms with Gasteiger partial charge in [0, 0.05) is 6.54 Å². The van der Waals surface area contributed by atoms with Gasteiger partial charge >= 0.3 is 5.97 Å². The van der Waals surface area contributed by atoms with Gasteiger partial charge in [0.25, 0.3) is 0 Å². The van der Waals surface area contributed by atoms with Crippen molar-refractivity contribution in [3.63, 3.8) is 0 Å². The second kappa shape index (κ2) is 15.4. The first kappa shape index (κ1) is 31.5. The van der Waals surface area contributed by atoms with Crippen LogP contribution in [0.3, 0.4) is 0 Å². The maximum atomic E-state index is 12.9. The zero-order chi connectivity index (χ0) is 27.3. The summed E-state index contributed by atoms with van der Waals surface area (Å²) in [5.41, 5.74) is 21.2. The van der Waals surface area contributed by atoms with Crippen molar-refractivity contribution in [2.24, 2.45) is 33.8 Å². The Balaban J connectivity index is 5.53. The van der Waals surface area contributed by atoms with Crippen molar-refractivity contribution in [3.8, 4) is 0 Å². The second-order valence-electron chi connectivity index (χ2n) is 8.22. The van der Waals surface area contributed by atoms with Crippen LogP contribution in [0.5, 0.6) is 0 Å². The molecule has 0 fully saturated rings. The summed E-state index contributed by atoms with van der Waals surface area (Å²) in [6.45, 7) is 4.87. The Morgan fingerprint density at radius 3 is 1.94 bits per heavy atom. The van der Waals surface area contributed by atoms with E-state index in [1.807, 2.05) is 0 Å². The van der Waals surface area contributed by atoms with E-state index < -0.39 is 72.2 Å². The summed E-state index contributed by atoms with van der Waals surface area (Å²) in [5.74, 6) is -5.41. The molecular weight excluding hydrogens is 464 g/mol. The lowest BCUT2D eigenvalue weighted by atomic mass is 9.97. The third-order valence-electron chi connectivity index (χ3n) is 5.21. The molecule has 15 heteroatoms. The summed E-state index contributed by atoms with van der Waals surface area (Å²) in [6.07, 6.45) is -1.15. The standard InChI is InChI=1S/C20H38N8O7/c1-4-9(2)15(28-17(32)14(22)10(3)29)18(33)27-12(8-13(21)30)16(31)26-11(19(34)35)6-5-7-25-20(23)24/h9-12,14-15,29H,4-8,22H2,1-3H3,(H2,21,30)(H,26,31)(H,27,33)(H,28,32)(H,34,35)(H4,23,24,25). The molecule has 0 heterocycles. The first-order valence-electron chi connectivity index (χ1n) is 11.1. The topological polar surface area (TPSA) is 278 Å². The lowest BCUT2D eigenvalue weighted by molar-refractivity contribution is -0.142. The van der Waals surface area contributed by atoms with E-state index in [0.29, 0.717) is 6.42 Å². The number of amides is 4. The molecule has 35 heavy (non-hydrogen) atoms. The van der Waals surface area contributed by atoms with Gasteiger partial charge in [-0.3, -0.25) is 24.2 Å². The molecular formula is C20H38N8O7. The molecule has 6 atom stereocenters. The fourth-order valence-electron chi connectivity index (χ4n) is 2.88. The van der Waals surface area contributed by atoms with Crippen LogP contribution in [0.15, 0.2) is 4.99 Å². The van der Waals surface area contributed by atoms with Gasteiger partial charge in [-0.2, -0.15) is 0 Å². The molecule has 0 aromatic rings. The fourth-order valence-corrected chi connectivity index (χ4v) is 2.88. The van der Waals surface area contributed by atoms with Crippen molar-refractivity contribution in [1.82, 2.24) is 16.0 Å². The molecule has 0 rings (SSSR count). The normalized spacial score (nSPS) is 15.9. The molecule has 0 bridgehead atoms. The highest BCUT2D eigenvalue weighted by Crippen LogP contribution is 2.10. The van der Waals surface area contributed by atoms with Gasteiger partial charge in [-0.05, 0) is 25.7 Å². The molecule has 0 radical (unpaired) electrons. The summed E-state index contributed by atoms with van der Waals surface area (Å²) in [7, 11) is 0. The van der Waals surface area contributed by atoms with E-state index >= 15 is 0 Å². The summed E-state index contributed by atoms with van der Waals surface area (Å²) in [6, 6.07) is -5.31. The van der Waals surface area contributed by atoms with Crippen LogP contribution in [0.25, 0.3) is 0 Å². The minimum Gasteiger partial charge on any atom is -0.480 e. The molecule has 0 aromatic heterocycles. The highest BCUT2D eigenvalue weighted by molar-refractivity contribution is 5.96. The molecule has 0 saturated heterocycles. The van der Waals surface area contributed by atoms with E-state index in [1.165, 1.54) is 6.92 Å². The van der Waals surface area contributed by atoms with Gasteiger partial charge in [-0.15, -0.1) is 0 Å². The van der Waals surface area contributed by atoms with Gasteiger partial charge in [0.1, 0.15) is 24.2 Å². The summed E-state index contributed by atoms with van der Waals surface area (Å²) in [4.78, 5) is 64.8. The Bertz CT molecular complexity index is 785. The number of carboxylic acid groups (broad SMARTS) is 1. The van der Waals surface area contributed by atoms with Crippen LogP contribution in [0.2, 0.25) is 0 Å². The average Bonchev–Trinajstić information content (AvgIpc) is 2.76. The van der Waals surface area contributed by atoms with E-state index in [-0.39, 0.29) is 25.3 Å². The minimum atomic E-state index is -1.51. The number of aliphatic hydroxyl groups excluding tert-OH is 1. The Hall–Kier alpha value is -3.46. The third-order valence-corrected chi connectivity index (χ3v) is 5.21. The smallest absolute Gasteiger partial charge is 0.326 e. The molecule has 0 aliphatic carbocycles. The van der Waals surface area contributed by atoms with Gasteiger partial charge < -0.3 is 49.1 Å². The highest BCUT2D eigenvalue weighted by Gasteiger charge is 2.33. The fraction of sp³-hybridized carbons (Fsp3) is 0.700. The summed E-state index contributed by atoms with van der Waals surface area (Å²) >= 11 is 0. The predicted molar refractivity (Wildman–Crippen MR) is 126 cm³/mol. The van der Waals surface area contributed by atoms with Crippen molar-refractivity contribution in [2.75, 3.05) is 6.54 Å². The first-order chi connectivity index (χ1) is 16.2. The molecule has 0 aliphatic rings. The van der Waals surface area contributed by atoms with Crippen LogP contribution in [-0.2, 0) is 24.0 Å². The number of rotatable bonds is 16. The number of nitrogens with two attached hydrogens (primary N) is 4. The van der Waals surface area contributed by atoms with Crippen LogP contribution in [0.4, 0.5) is 0 Å². The minimum absolute atomic E-state index is 0.0299. The summed E-state index contributed by atoms with van der Waals surface area (Å²) < 4.78 is 0. The SMILES string of the molecule is CCC(C)C(NC(=O)C(N)C(C)O)C(=O)NC(CC(N)=O)C(=O)NC(CCCN=C(N)N)C(=O)O. The van der Waals surface area contributed by atoms with Gasteiger partial charge in [0.15, 0.2) is 5.96 Å². The van der Waals surface area contributed by atoms with Crippen LogP contribution < -0.4 is 38.9 Å². The maximum Gasteiger partial charge on any atom is 0.326 e. The molecule has 0 saturated carbocycles. The number of hydrogen-bond donors (Lipinski definition) is 9. The van der Waals surface area contributed by atoms with E-state index in [9.17, 15) is 34.2 Å². The molecule has 0 spiro atoms. The Kier molecular flexibility index (Phi) is 13.9. The predicted octanol–water partition coefficient (Wildman–Crippen LogP) is -3.79. The summed E-state index contributed by atoms with van der Waals surface area (Å²) in [5, 5.41) is 26.0. The van der Waals surface area contributed by atoms with Gasteiger partial charge in [0.2, 0.25) is 23.6 Å². The molecule has 200 valence electrons. The van der Waals surface area contributed by atoms with Crippen molar-refractivity contribution in [1.29, 1.82) is 0 Å². The zero-order valence-electron chi connectivity index (χ0n) is 20.2. The number of hydrogen-bond acceptors (Lipinski definition) is 8. The molecule has 6 unspecified atom stereocenters. The second-order valence-corrected chi connectivity index (χ2v) is 8.22. The maximum absolute atomic E-state index is 12.9. The number of nitrogens with zero attached hydrogens (tertiary/aromatic N) is 1. The molecule has 13 N–H and O–H groups in total. The van der Waals surface area contributed by atoms with Crippen molar-refractivity contribution in [2.45, 2.75) is 76.7 Å². The number of carbonyl (C=O) groups excluding carboxylic acids is 4. The monoisotopic (exact) mass is 502 g/mol. The number of aliphatic imine (C=N–C) groups is 1. The number of nitrogens with one attached hydrogen (secondary N) is 3. The largest absolute Gasteiger partial charge is 0.480 e. The molecule has 0 aliphatic heterocycles. The van der Waals surface area contributed by atoms with Crippen LogP contribution in [0.1, 0.15) is 46.5 Å². The van der Waals surface area contributed by atoms with Gasteiger partial charge in [0.05, 0.1) is 12.5 Å². The number of primary amides is 1. The van der Waals surface area contributed by atoms with Crippen LogP contribution in [0, 0.1) is 5.92 Å². The van der Waals surface area contributed by atoms with Crippen molar-refractivity contribution >= 4 is 35.6 Å². The zero-order valence-corrected chi connectivity index (χ0v) is 20.2. The van der Waals surface area contributed by atoms with E-state index in [1.54, 1.807) is 13.8 Å². The van der Waals surface area contributed by atoms with E-state index in [2.05, 4.69) is 20.9 Å². The van der Waals surface area contributed by atoms with E-state index in [4.69, 9.17) is 22.9 Å². The van der Waals surface area contributed by atoms with Crippen LogP contribution >= 0.6 is 0 Å². The number of guanidine groups is 1. The number of carbonyl (C=O) groups is 5. The lowest BCUT2D eigenvalue weighted by Gasteiger charge is -2.28. The lowest BCUT2D eigenvalue weighted by Crippen LogP contribution is -2.60. The van der Waals surface area contributed by atoms with Gasteiger partial charge in [-0.1, -0.05) is 20.3 Å². The highest BCUT2D eigenvalue weighted by atomic mass is 16.4. The Morgan fingerprint density at radius 1 is 0.914 bits per heavy atom. The third kappa shape index (κ3) is 12.0. The number of carboxylic acids is 1. The molecule has 0 aromatic carbocycles. The van der Waals surface area contributed by atoms with Crippen LogP contribution in [-0.4, -0.2) is 82.6 Å². The van der Waals surface area contributed by atoms with Crippen molar-refractivity contribution < 1.29 is 34.2 Å². The van der Waals surface area contributed by atoms with Crippen molar-refractivity contribution in [3.05, 3.63) is 0 Å². The average molecular weight is 503 g/mol. The Labute approximate surface area is 203 Å². The van der Waals surface area contributed by atoms with E-state index in [0.717, 1.165) is 0 Å². The quantitative estimate of drug-likeness (QED) is 0.0563. The molecule has 15 nitrogen and oxygen atoms in total. The number of aliphatic carboxylic acids is 1. The Morgan fingerprint density at radius 2 is 1.49 bits per heavy atom. The number of aliphatic hydroxyl groups is 1. The van der Waals surface area contributed by atoms with Gasteiger partial charge in [-0.25, -0.2) is 4.79 Å². The molecule has 4 amide bonds.